The summed E-state index contributed by atoms with van der Waals surface area (Å²) >= 11 is 0. The Bertz CT molecular complexity index is 1080. The second kappa shape index (κ2) is 5.51. The van der Waals surface area contributed by atoms with Gasteiger partial charge >= 0.3 is 0 Å². The average Bonchev–Trinajstić information content (AvgIpc) is 3.06. The van der Waals surface area contributed by atoms with E-state index in [-0.39, 0.29) is 5.78 Å². The standard InChI is InChI=1S/C25H20O2/c1-24-16-20(17-10-4-2-5-11-17)22(18-12-6-3-7-13-18)25(24,27)21-15-9-8-14-19(21)23(24)26/h2-15,27H,16H2,1H3/t24-,25+/m1/s1. The molecule has 0 fully saturated rings. The lowest BCUT2D eigenvalue weighted by Gasteiger charge is -2.35. The van der Waals surface area contributed by atoms with Crippen LogP contribution in [0.3, 0.4) is 0 Å². The number of benzene rings is 3. The van der Waals surface area contributed by atoms with E-state index in [0.29, 0.717) is 12.0 Å². The van der Waals surface area contributed by atoms with Gasteiger partial charge in [-0.1, -0.05) is 84.9 Å². The van der Waals surface area contributed by atoms with Crippen molar-refractivity contribution in [1.82, 2.24) is 0 Å². The van der Waals surface area contributed by atoms with Gasteiger partial charge in [0.05, 0.1) is 5.41 Å². The maximum Gasteiger partial charge on any atom is 0.173 e. The first-order chi connectivity index (χ1) is 13.1. The second-order valence-electron chi connectivity index (χ2n) is 7.68. The van der Waals surface area contributed by atoms with Gasteiger partial charge in [-0.2, -0.15) is 0 Å². The topological polar surface area (TPSA) is 37.3 Å². The van der Waals surface area contributed by atoms with Gasteiger partial charge in [0.25, 0.3) is 0 Å². The van der Waals surface area contributed by atoms with Gasteiger partial charge in [-0.15, -0.1) is 0 Å². The van der Waals surface area contributed by atoms with Crippen LogP contribution in [-0.2, 0) is 5.60 Å². The molecule has 2 aliphatic carbocycles. The van der Waals surface area contributed by atoms with Crippen LogP contribution in [0.25, 0.3) is 11.1 Å². The fourth-order valence-electron chi connectivity index (χ4n) is 4.91. The number of fused-ring (bicyclic) bond motifs is 3. The normalized spacial score (nSPS) is 26.2. The predicted molar refractivity (Wildman–Crippen MR) is 107 cm³/mol. The van der Waals surface area contributed by atoms with Gasteiger partial charge in [-0.25, -0.2) is 0 Å². The van der Waals surface area contributed by atoms with E-state index in [1.165, 1.54) is 0 Å². The molecule has 0 aliphatic heterocycles. The molecule has 1 N–H and O–H groups in total. The van der Waals surface area contributed by atoms with E-state index in [4.69, 9.17) is 0 Å². The molecule has 132 valence electrons. The zero-order valence-electron chi connectivity index (χ0n) is 15.1. The number of aliphatic hydroxyl groups is 1. The van der Waals surface area contributed by atoms with Crippen LogP contribution in [0, 0.1) is 5.41 Å². The minimum absolute atomic E-state index is 0.0277. The highest BCUT2D eigenvalue weighted by Crippen LogP contribution is 2.66. The van der Waals surface area contributed by atoms with Gasteiger partial charge in [0.2, 0.25) is 0 Å². The van der Waals surface area contributed by atoms with Crippen molar-refractivity contribution in [2.45, 2.75) is 18.9 Å². The minimum atomic E-state index is -1.33. The van der Waals surface area contributed by atoms with Gasteiger partial charge in [0.15, 0.2) is 5.78 Å². The van der Waals surface area contributed by atoms with Crippen LogP contribution in [-0.4, -0.2) is 10.9 Å². The van der Waals surface area contributed by atoms with Crippen molar-refractivity contribution in [2.75, 3.05) is 0 Å². The summed E-state index contributed by atoms with van der Waals surface area (Å²) in [7, 11) is 0. The fourth-order valence-corrected chi connectivity index (χ4v) is 4.91. The number of allylic oxidation sites excluding steroid dienone is 1. The van der Waals surface area contributed by atoms with E-state index in [1.807, 2.05) is 79.7 Å². The SMILES string of the molecule is C[C@]12CC(c3ccccc3)=C(c3ccccc3)[C@@]1(O)c1ccccc1C2=O. The molecule has 0 bridgehead atoms. The average molecular weight is 352 g/mol. The van der Waals surface area contributed by atoms with Gasteiger partial charge in [-0.05, 0) is 35.6 Å². The van der Waals surface area contributed by atoms with Crippen LogP contribution in [0.1, 0.15) is 40.4 Å². The van der Waals surface area contributed by atoms with Crippen LogP contribution >= 0.6 is 0 Å². The van der Waals surface area contributed by atoms with E-state index in [1.54, 1.807) is 0 Å². The Morgan fingerprint density at radius 3 is 2.00 bits per heavy atom. The molecular formula is C25H20O2. The first-order valence-corrected chi connectivity index (χ1v) is 9.28. The molecular weight excluding hydrogens is 332 g/mol. The highest BCUT2D eigenvalue weighted by Gasteiger charge is 2.65. The van der Waals surface area contributed by atoms with Crippen LogP contribution in [0.15, 0.2) is 84.9 Å². The Labute approximate surface area is 158 Å². The molecule has 0 amide bonds. The first-order valence-electron chi connectivity index (χ1n) is 9.28. The van der Waals surface area contributed by atoms with Crippen molar-refractivity contribution in [3.63, 3.8) is 0 Å². The molecule has 3 aromatic carbocycles. The van der Waals surface area contributed by atoms with Gasteiger partial charge in [0.1, 0.15) is 5.60 Å². The van der Waals surface area contributed by atoms with Crippen molar-refractivity contribution in [3.8, 4) is 0 Å². The number of ketones is 1. The number of rotatable bonds is 2. The monoisotopic (exact) mass is 352 g/mol. The number of hydrogen-bond donors (Lipinski definition) is 1. The Balaban J connectivity index is 1.87. The molecule has 2 nitrogen and oxygen atoms in total. The summed E-state index contributed by atoms with van der Waals surface area (Å²) in [5.74, 6) is 0.0277. The molecule has 0 saturated carbocycles. The molecule has 27 heavy (non-hydrogen) atoms. The Hall–Kier alpha value is -2.97. The van der Waals surface area contributed by atoms with Crippen LogP contribution < -0.4 is 0 Å². The Morgan fingerprint density at radius 1 is 0.778 bits per heavy atom. The fraction of sp³-hybridized carbons (Fsp3) is 0.160. The predicted octanol–water partition coefficient (Wildman–Crippen LogP) is 5.09. The molecule has 2 aliphatic rings. The van der Waals surface area contributed by atoms with Gasteiger partial charge in [-0.3, -0.25) is 4.79 Å². The summed E-state index contributed by atoms with van der Waals surface area (Å²) in [5.41, 5.74) is 3.08. The van der Waals surface area contributed by atoms with Gasteiger partial charge in [0, 0.05) is 11.1 Å². The third-order valence-electron chi connectivity index (χ3n) is 6.24. The van der Waals surface area contributed by atoms with E-state index in [0.717, 1.165) is 27.8 Å². The van der Waals surface area contributed by atoms with Crippen molar-refractivity contribution >= 4 is 16.9 Å². The Kier molecular flexibility index (Phi) is 3.31. The molecule has 0 unspecified atom stereocenters. The summed E-state index contributed by atoms with van der Waals surface area (Å²) in [4.78, 5) is 13.4. The van der Waals surface area contributed by atoms with Gasteiger partial charge < -0.3 is 5.11 Å². The minimum Gasteiger partial charge on any atom is -0.379 e. The molecule has 3 aromatic rings. The maximum absolute atomic E-state index is 13.4. The van der Waals surface area contributed by atoms with Crippen LogP contribution in [0.5, 0.6) is 0 Å². The number of Topliss-reactive ketones (excluding diaryl/α,β-unsaturated/α-hetero) is 1. The third kappa shape index (κ3) is 1.96. The zero-order valence-corrected chi connectivity index (χ0v) is 15.1. The van der Waals surface area contributed by atoms with E-state index in [9.17, 15) is 9.90 Å². The highest BCUT2D eigenvalue weighted by atomic mass is 16.3. The second-order valence-corrected chi connectivity index (χ2v) is 7.68. The summed E-state index contributed by atoms with van der Waals surface area (Å²) in [6, 6.07) is 27.6. The van der Waals surface area contributed by atoms with Crippen molar-refractivity contribution in [1.29, 1.82) is 0 Å². The largest absolute Gasteiger partial charge is 0.379 e. The number of hydrogen-bond acceptors (Lipinski definition) is 2. The Morgan fingerprint density at radius 2 is 1.33 bits per heavy atom. The lowest BCUT2D eigenvalue weighted by Crippen LogP contribution is -2.40. The third-order valence-corrected chi connectivity index (χ3v) is 6.24. The van der Waals surface area contributed by atoms with E-state index >= 15 is 0 Å². The smallest absolute Gasteiger partial charge is 0.173 e. The number of carbonyl (C=O) groups excluding carboxylic acids is 1. The molecule has 0 saturated heterocycles. The van der Waals surface area contributed by atoms with E-state index < -0.39 is 11.0 Å². The van der Waals surface area contributed by atoms with Crippen molar-refractivity contribution in [3.05, 3.63) is 107 Å². The molecule has 2 atom stereocenters. The lowest BCUT2D eigenvalue weighted by molar-refractivity contribution is 0.00420. The maximum atomic E-state index is 13.4. The molecule has 0 aromatic heterocycles. The van der Waals surface area contributed by atoms with E-state index in [2.05, 4.69) is 12.1 Å². The zero-order chi connectivity index (χ0) is 18.6. The van der Waals surface area contributed by atoms with Crippen molar-refractivity contribution < 1.29 is 9.90 Å². The summed E-state index contributed by atoms with van der Waals surface area (Å²) < 4.78 is 0. The summed E-state index contributed by atoms with van der Waals surface area (Å²) in [6.07, 6.45) is 0.519. The number of carbonyl (C=O) groups is 1. The quantitative estimate of drug-likeness (QED) is 0.697. The molecule has 5 rings (SSSR count). The molecule has 0 heterocycles. The van der Waals surface area contributed by atoms with Crippen LogP contribution in [0.4, 0.5) is 0 Å². The summed E-state index contributed by atoms with van der Waals surface area (Å²) in [5, 5.41) is 12.2. The summed E-state index contributed by atoms with van der Waals surface area (Å²) in [6.45, 7) is 1.91. The molecule has 2 heteroatoms. The van der Waals surface area contributed by atoms with Crippen molar-refractivity contribution in [2.24, 2.45) is 5.41 Å². The first kappa shape index (κ1) is 16.2. The molecule has 0 spiro atoms. The molecule has 0 radical (unpaired) electrons. The highest BCUT2D eigenvalue weighted by molar-refractivity contribution is 6.15. The lowest BCUT2D eigenvalue weighted by atomic mass is 9.72. The van der Waals surface area contributed by atoms with Crippen LogP contribution in [0.2, 0.25) is 0 Å².